The zero-order chi connectivity index (χ0) is 12.9. The average molecular weight is 252 g/mol. The summed E-state index contributed by atoms with van der Waals surface area (Å²) in [5.41, 5.74) is 0.674. The van der Waals surface area contributed by atoms with Gasteiger partial charge in [-0.25, -0.2) is 0 Å². The highest BCUT2D eigenvalue weighted by molar-refractivity contribution is 6.30. The molecule has 0 bridgehead atoms. The molecular formula is C13H14ClNO2. The van der Waals surface area contributed by atoms with Crippen molar-refractivity contribution >= 4 is 17.6 Å². The van der Waals surface area contributed by atoms with Gasteiger partial charge in [-0.1, -0.05) is 37.6 Å². The quantitative estimate of drug-likeness (QED) is 0.773. The third-order valence-corrected chi connectivity index (χ3v) is 2.76. The molecule has 0 atom stereocenters. The maximum atomic E-state index is 11.5. The molecule has 0 aliphatic rings. The van der Waals surface area contributed by atoms with Gasteiger partial charge >= 0.3 is 5.97 Å². The molecule has 0 saturated carbocycles. The number of carbonyl (C=O) groups excluding carboxylic acids is 1. The molecule has 3 nitrogen and oxygen atoms in total. The van der Waals surface area contributed by atoms with Crippen LogP contribution in [0.4, 0.5) is 0 Å². The van der Waals surface area contributed by atoms with E-state index in [1.807, 2.05) is 26.0 Å². The maximum Gasteiger partial charge on any atom is 0.307 e. The number of carbonyl (C=O) groups is 1. The molecule has 90 valence electrons. The van der Waals surface area contributed by atoms with Crippen LogP contribution < -0.4 is 0 Å². The van der Waals surface area contributed by atoms with Gasteiger partial charge in [0.1, 0.15) is 6.07 Å². The monoisotopic (exact) mass is 251 g/mol. The molecule has 0 saturated heterocycles. The van der Waals surface area contributed by atoms with Crippen LogP contribution >= 0.6 is 11.6 Å². The van der Waals surface area contributed by atoms with E-state index >= 15 is 0 Å². The summed E-state index contributed by atoms with van der Waals surface area (Å²) in [6, 6.07) is 9.13. The Hall–Kier alpha value is -1.53. The summed E-state index contributed by atoms with van der Waals surface area (Å²) in [5, 5.41) is 8.98. The lowest BCUT2D eigenvalue weighted by atomic mass is 9.82. The number of rotatable bonds is 4. The van der Waals surface area contributed by atoms with Gasteiger partial charge in [0.05, 0.1) is 6.42 Å². The van der Waals surface area contributed by atoms with E-state index in [-0.39, 0.29) is 24.4 Å². The van der Waals surface area contributed by atoms with Crippen molar-refractivity contribution in [1.29, 1.82) is 5.26 Å². The van der Waals surface area contributed by atoms with E-state index in [2.05, 4.69) is 0 Å². The van der Waals surface area contributed by atoms with Crippen molar-refractivity contribution in [2.45, 2.75) is 25.7 Å². The van der Waals surface area contributed by atoms with E-state index in [1.165, 1.54) is 0 Å². The number of nitrogens with zero attached hydrogens (tertiary/aromatic N) is 1. The summed E-state index contributed by atoms with van der Waals surface area (Å²) >= 11 is 5.81. The van der Waals surface area contributed by atoms with Gasteiger partial charge in [0.15, 0.2) is 6.61 Å². The van der Waals surface area contributed by atoms with Crippen molar-refractivity contribution in [3.63, 3.8) is 0 Å². The summed E-state index contributed by atoms with van der Waals surface area (Å²) < 4.78 is 4.75. The molecule has 0 aliphatic heterocycles. The van der Waals surface area contributed by atoms with E-state index in [9.17, 15) is 4.79 Å². The van der Waals surface area contributed by atoms with Crippen LogP contribution in [-0.4, -0.2) is 12.6 Å². The molecule has 0 aromatic heterocycles. The largest absolute Gasteiger partial charge is 0.450 e. The van der Waals surface area contributed by atoms with Gasteiger partial charge in [0, 0.05) is 10.4 Å². The van der Waals surface area contributed by atoms with E-state index in [4.69, 9.17) is 21.6 Å². The van der Waals surface area contributed by atoms with Crippen LogP contribution in [0.1, 0.15) is 25.8 Å². The maximum absolute atomic E-state index is 11.5. The van der Waals surface area contributed by atoms with Crippen LogP contribution in [0.15, 0.2) is 24.3 Å². The topological polar surface area (TPSA) is 50.1 Å². The van der Waals surface area contributed by atoms with Crippen molar-refractivity contribution in [3.05, 3.63) is 34.9 Å². The molecular weight excluding hydrogens is 238 g/mol. The molecule has 0 heterocycles. The molecule has 0 aliphatic carbocycles. The summed E-state index contributed by atoms with van der Waals surface area (Å²) in [7, 11) is 0. The first-order valence-corrected chi connectivity index (χ1v) is 5.62. The number of halogens is 1. The predicted molar refractivity (Wildman–Crippen MR) is 65.7 cm³/mol. The van der Waals surface area contributed by atoms with E-state index in [0.29, 0.717) is 5.02 Å². The third kappa shape index (κ3) is 4.08. The highest BCUT2D eigenvalue weighted by Gasteiger charge is 2.25. The summed E-state index contributed by atoms with van der Waals surface area (Å²) in [5.74, 6) is -0.369. The van der Waals surface area contributed by atoms with Crippen molar-refractivity contribution in [2.75, 3.05) is 6.61 Å². The number of nitriles is 1. The van der Waals surface area contributed by atoms with Crippen LogP contribution in [0.3, 0.4) is 0 Å². The minimum atomic E-state index is -0.369. The van der Waals surface area contributed by atoms with Gasteiger partial charge in [-0.3, -0.25) is 4.79 Å². The second-order valence-electron chi connectivity index (χ2n) is 4.39. The molecule has 0 spiro atoms. The van der Waals surface area contributed by atoms with Crippen LogP contribution in [-0.2, 0) is 14.9 Å². The smallest absolute Gasteiger partial charge is 0.307 e. The molecule has 0 N–H and O–H groups in total. The summed E-state index contributed by atoms with van der Waals surface area (Å²) in [4.78, 5) is 11.5. The van der Waals surface area contributed by atoms with Gasteiger partial charge in [0.2, 0.25) is 0 Å². The Morgan fingerprint density at radius 2 is 2.00 bits per heavy atom. The lowest BCUT2D eigenvalue weighted by molar-refractivity contribution is -0.143. The second kappa shape index (κ2) is 5.70. The van der Waals surface area contributed by atoms with Crippen LogP contribution in [0.2, 0.25) is 5.02 Å². The van der Waals surface area contributed by atoms with Crippen LogP contribution in [0.25, 0.3) is 0 Å². The van der Waals surface area contributed by atoms with Gasteiger partial charge in [0.25, 0.3) is 0 Å². The van der Waals surface area contributed by atoms with Crippen molar-refractivity contribution < 1.29 is 9.53 Å². The minimum absolute atomic E-state index is 0.199. The Morgan fingerprint density at radius 3 is 2.53 bits per heavy atom. The van der Waals surface area contributed by atoms with Crippen LogP contribution in [0, 0.1) is 11.3 Å². The van der Waals surface area contributed by atoms with Gasteiger partial charge in [-0.15, -0.1) is 0 Å². The fourth-order valence-corrected chi connectivity index (χ4v) is 1.65. The normalized spacial score (nSPS) is 10.7. The summed E-state index contributed by atoms with van der Waals surface area (Å²) in [6.45, 7) is 3.70. The SMILES string of the molecule is CC(C)(CC(=O)OCC#N)c1ccc(Cl)cc1. The molecule has 1 rings (SSSR count). The van der Waals surface area contributed by atoms with E-state index in [0.717, 1.165) is 5.56 Å². The van der Waals surface area contributed by atoms with Crippen molar-refractivity contribution in [2.24, 2.45) is 0 Å². The first-order valence-electron chi connectivity index (χ1n) is 5.24. The van der Waals surface area contributed by atoms with Gasteiger partial charge < -0.3 is 4.74 Å². The average Bonchev–Trinajstić information content (AvgIpc) is 2.26. The Kier molecular flexibility index (Phi) is 4.53. The molecule has 0 fully saturated rings. The number of hydrogen-bond donors (Lipinski definition) is 0. The Balaban J connectivity index is 2.71. The van der Waals surface area contributed by atoms with Gasteiger partial charge in [-0.2, -0.15) is 5.26 Å². The number of benzene rings is 1. The number of ether oxygens (including phenoxy) is 1. The van der Waals surface area contributed by atoms with Crippen molar-refractivity contribution in [1.82, 2.24) is 0 Å². The third-order valence-electron chi connectivity index (χ3n) is 2.51. The zero-order valence-electron chi connectivity index (χ0n) is 9.87. The molecule has 4 heteroatoms. The first-order chi connectivity index (χ1) is 7.95. The standard InChI is InChI=1S/C13H14ClNO2/c1-13(2,9-12(16)17-8-7-15)10-3-5-11(14)6-4-10/h3-6H,8-9H2,1-2H3. The predicted octanol–water partition coefficient (Wildman–Crippen LogP) is 3.07. The van der Waals surface area contributed by atoms with Gasteiger partial charge in [-0.05, 0) is 17.7 Å². The number of esters is 1. The molecule has 1 aromatic carbocycles. The van der Waals surface area contributed by atoms with Crippen LogP contribution in [0.5, 0.6) is 0 Å². The molecule has 17 heavy (non-hydrogen) atoms. The first kappa shape index (κ1) is 13.5. The fourth-order valence-electron chi connectivity index (χ4n) is 1.53. The molecule has 0 unspecified atom stereocenters. The Labute approximate surface area is 106 Å². The molecule has 0 amide bonds. The fraction of sp³-hybridized carbons (Fsp3) is 0.385. The van der Waals surface area contributed by atoms with E-state index in [1.54, 1.807) is 18.2 Å². The van der Waals surface area contributed by atoms with E-state index < -0.39 is 0 Å². The molecule has 0 radical (unpaired) electrons. The minimum Gasteiger partial charge on any atom is -0.450 e. The second-order valence-corrected chi connectivity index (χ2v) is 4.82. The highest BCUT2D eigenvalue weighted by Crippen LogP contribution is 2.28. The lowest BCUT2D eigenvalue weighted by Crippen LogP contribution is -2.23. The van der Waals surface area contributed by atoms with Crippen molar-refractivity contribution in [3.8, 4) is 6.07 Å². The zero-order valence-corrected chi connectivity index (χ0v) is 10.6. The molecule has 1 aromatic rings. The Bertz CT molecular complexity index is 432. The summed E-state index contributed by atoms with van der Waals surface area (Å²) in [6.07, 6.45) is 0.232. The number of hydrogen-bond acceptors (Lipinski definition) is 3. The Morgan fingerprint density at radius 1 is 1.41 bits per heavy atom. The highest BCUT2D eigenvalue weighted by atomic mass is 35.5. The lowest BCUT2D eigenvalue weighted by Gasteiger charge is -2.23.